The summed E-state index contributed by atoms with van der Waals surface area (Å²) in [6.45, 7) is 0. The van der Waals surface area contributed by atoms with Gasteiger partial charge < -0.3 is 9.90 Å². The van der Waals surface area contributed by atoms with Crippen LogP contribution in [-0.4, -0.2) is 20.4 Å². The quantitative estimate of drug-likeness (QED) is 0.849. The van der Waals surface area contributed by atoms with Crippen LogP contribution < -0.4 is 9.83 Å². The Morgan fingerprint density at radius 1 is 1.17 bits per heavy atom. The van der Waals surface area contributed by atoms with Crippen molar-refractivity contribution in [1.29, 1.82) is 0 Å². The Morgan fingerprint density at radius 2 is 1.72 bits per heavy atom. The van der Waals surface area contributed by atoms with Gasteiger partial charge in [-0.15, -0.1) is 0 Å². The number of hydrogen-bond acceptors (Lipinski definition) is 4. The summed E-state index contributed by atoms with van der Waals surface area (Å²) in [5, 5.41) is 10.6. The fraction of sp³-hybridized carbons (Fsp3) is 0.417. The Labute approximate surface area is 106 Å². The van der Waals surface area contributed by atoms with E-state index in [1.165, 1.54) is 24.3 Å². The summed E-state index contributed by atoms with van der Waals surface area (Å²) < 4.78 is 26.6. The predicted octanol–water partition coefficient (Wildman–Crippen LogP) is 0.271. The van der Waals surface area contributed by atoms with Crippen molar-refractivity contribution in [1.82, 2.24) is 4.72 Å². The monoisotopic (exact) mass is 268 g/mol. The van der Waals surface area contributed by atoms with E-state index in [0.29, 0.717) is 0 Å². The summed E-state index contributed by atoms with van der Waals surface area (Å²) in [6, 6.07) is 5.03. The van der Waals surface area contributed by atoms with Gasteiger partial charge in [0.2, 0.25) is 10.0 Å². The van der Waals surface area contributed by atoms with Gasteiger partial charge in [-0.25, -0.2) is 13.1 Å². The van der Waals surface area contributed by atoms with Gasteiger partial charge in [-0.3, -0.25) is 0 Å². The van der Waals surface area contributed by atoms with Gasteiger partial charge in [0, 0.05) is 6.04 Å². The van der Waals surface area contributed by atoms with Crippen LogP contribution in [0.15, 0.2) is 29.2 Å². The van der Waals surface area contributed by atoms with E-state index in [1.807, 2.05) is 0 Å². The Hall–Kier alpha value is -1.40. The minimum absolute atomic E-state index is 0.00387. The molecule has 1 aliphatic rings. The lowest BCUT2D eigenvalue weighted by Crippen LogP contribution is -2.32. The summed E-state index contributed by atoms with van der Waals surface area (Å²) >= 11 is 0. The normalized spacial score (nSPS) is 16.9. The zero-order chi connectivity index (χ0) is 13.2. The van der Waals surface area contributed by atoms with Crippen molar-refractivity contribution in [3.8, 4) is 0 Å². The largest absolute Gasteiger partial charge is 0.545 e. The molecule has 0 bridgehead atoms. The summed E-state index contributed by atoms with van der Waals surface area (Å²) in [5.74, 6) is -1.32. The number of carboxylic acids is 1. The molecular formula is C12H14NO4S-. The van der Waals surface area contributed by atoms with E-state index in [-0.39, 0.29) is 16.5 Å². The first-order valence-electron chi connectivity index (χ1n) is 5.83. The van der Waals surface area contributed by atoms with Crippen molar-refractivity contribution in [2.75, 3.05) is 0 Å². The minimum Gasteiger partial charge on any atom is -0.545 e. The van der Waals surface area contributed by atoms with E-state index >= 15 is 0 Å². The van der Waals surface area contributed by atoms with Crippen LogP contribution in [0.5, 0.6) is 0 Å². The van der Waals surface area contributed by atoms with E-state index < -0.39 is 16.0 Å². The average Bonchev–Trinajstić information content (AvgIpc) is 2.81. The maximum atomic E-state index is 12.0. The van der Waals surface area contributed by atoms with Gasteiger partial charge in [0.1, 0.15) is 0 Å². The number of benzene rings is 1. The molecule has 98 valence electrons. The number of carbonyl (C=O) groups is 1. The van der Waals surface area contributed by atoms with Crippen LogP contribution in [0.2, 0.25) is 0 Å². The third kappa shape index (κ3) is 2.88. The van der Waals surface area contributed by atoms with Crippen molar-refractivity contribution < 1.29 is 18.3 Å². The molecule has 1 N–H and O–H groups in total. The predicted molar refractivity (Wildman–Crippen MR) is 63.4 cm³/mol. The molecule has 1 aromatic rings. The molecule has 18 heavy (non-hydrogen) atoms. The first kappa shape index (κ1) is 13.0. The van der Waals surface area contributed by atoms with Crippen LogP contribution in [0.3, 0.4) is 0 Å². The summed E-state index contributed by atoms with van der Waals surface area (Å²) in [6.07, 6.45) is 3.79. The Bertz CT molecular complexity index is 530. The van der Waals surface area contributed by atoms with Crippen molar-refractivity contribution in [2.24, 2.45) is 0 Å². The van der Waals surface area contributed by atoms with E-state index in [1.54, 1.807) is 0 Å². The SMILES string of the molecule is O=C([O-])c1ccc(S(=O)(=O)NC2CCCC2)cc1. The van der Waals surface area contributed by atoms with Gasteiger partial charge in [0.05, 0.1) is 10.9 Å². The molecular weight excluding hydrogens is 254 g/mol. The molecule has 1 saturated carbocycles. The highest BCUT2D eigenvalue weighted by Gasteiger charge is 2.22. The summed E-state index contributed by atoms with van der Waals surface area (Å²) in [4.78, 5) is 10.6. The molecule has 0 heterocycles. The molecule has 0 unspecified atom stereocenters. The van der Waals surface area contributed by atoms with Crippen LogP contribution in [0.4, 0.5) is 0 Å². The average molecular weight is 268 g/mol. The second-order valence-electron chi connectivity index (χ2n) is 4.41. The molecule has 0 radical (unpaired) electrons. The molecule has 0 atom stereocenters. The number of rotatable bonds is 4. The fourth-order valence-electron chi connectivity index (χ4n) is 2.10. The number of aromatic carboxylic acids is 1. The van der Waals surface area contributed by atoms with Gasteiger partial charge in [-0.05, 0) is 30.5 Å². The number of nitrogens with one attached hydrogen (secondary N) is 1. The molecule has 1 aliphatic carbocycles. The van der Waals surface area contributed by atoms with Crippen molar-refractivity contribution in [3.05, 3.63) is 29.8 Å². The molecule has 0 aliphatic heterocycles. The van der Waals surface area contributed by atoms with Gasteiger partial charge in [0.25, 0.3) is 0 Å². The standard InChI is InChI=1S/C12H15NO4S/c14-12(15)9-5-7-11(8-6-9)18(16,17)13-10-3-1-2-4-10/h5-8,10,13H,1-4H2,(H,14,15)/p-1. The number of carbonyl (C=O) groups excluding carboxylic acids is 1. The maximum absolute atomic E-state index is 12.0. The highest BCUT2D eigenvalue weighted by molar-refractivity contribution is 7.89. The number of hydrogen-bond donors (Lipinski definition) is 1. The lowest BCUT2D eigenvalue weighted by molar-refractivity contribution is -0.255. The fourth-order valence-corrected chi connectivity index (χ4v) is 3.41. The molecule has 0 spiro atoms. The van der Waals surface area contributed by atoms with Gasteiger partial charge in [0.15, 0.2) is 0 Å². The summed E-state index contributed by atoms with van der Waals surface area (Å²) in [7, 11) is -3.55. The Balaban J connectivity index is 2.16. The lowest BCUT2D eigenvalue weighted by Gasteiger charge is -2.12. The Morgan fingerprint density at radius 3 is 2.22 bits per heavy atom. The van der Waals surface area contributed by atoms with Crippen LogP contribution in [-0.2, 0) is 10.0 Å². The molecule has 2 rings (SSSR count). The topological polar surface area (TPSA) is 86.3 Å². The highest BCUT2D eigenvalue weighted by atomic mass is 32.2. The number of sulfonamides is 1. The molecule has 1 aromatic carbocycles. The molecule has 5 nitrogen and oxygen atoms in total. The van der Waals surface area contributed by atoms with Crippen LogP contribution in [0.25, 0.3) is 0 Å². The van der Waals surface area contributed by atoms with E-state index in [4.69, 9.17) is 0 Å². The highest BCUT2D eigenvalue weighted by Crippen LogP contribution is 2.20. The lowest BCUT2D eigenvalue weighted by atomic mass is 10.2. The molecule has 6 heteroatoms. The maximum Gasteiger partial charge on any atom is 0.240 e. The van der Waals surface area contributed by atoms with Crippen molar-refractivity contribution in [3.63, 3.8) is 0 Å². The first-order chi connectivity index (χ1) is 8.49. The van der Waals surface area contributed by atoms with Crippen molar-refractivity contribution >= 4 is 16.0 Å². The van der Waals surface area contributed by atoms with Gasteiger partial charge in [-0.1, -0.05) is 25.0 Å². The second kappa shape index (κ2) is 5.07. The molecule has 0 saturated heterocycles. The third-order valence-electron chi connectivity index (χ3n) is 3.08. The van der Waals surface area contributed by atoms with Crippen LogP contribution in [0, 0.1) is 0 Å². The third-order valence-corrected chi connectivity index (χ3v) is 4.61. The molecule has 0 aromatic heterocycles. The van der Waals surface area contributed by atoms with Gasteiger partial charge >= 0.3 is 0 Å². The Kier molecular flexibility index (Phi) is 3.68. The zero-order valence-electron chi connectivity index (χ0n) is 9.76. The van der Waals surface area contributed by atoms with E-state index in [2.05, 4.69) is 4.72 Å². The summed E-state index contributed by atoms with van der Waals surface area (Å²) in [5.41, 5.74) is -0.0326. The van der Waals surface area contributed by atoms with E-state index in [9.17, 15) is 18.3 Å². The van der Waals surface area contributed by atoms with Crippen LogP contribution >= 0.6 is 0 Å². The number of carboxylic acid groups (broad SMARTS) is 1. The van der Waals surface area contributed by atoms with E-state index in [0.717, 1.165) is 25.7 Å². The van der Waals surface area contributed by atoms with Crippen molar-refractivity contribution in [2.45, 2.75) is 36.6 Å². The second-order valence-corrected chi connectivity index (χ2v) is 6.13. The minimum atomic E-state index is -3.55. The zero-order valence-corrected chi connectivity index (χ0v) is 10.6. The van der Waals surface area contributed by atoms with Crippen LogP contribution in [0.1, 0.15) is 36.0 Å². The molecule has 0 amide bonds. The van der Waals surface area contributed by atoms with Gasteiger partial charge in [-0.2, -0.15) is 0 Å². The smallest absolute Gasteiger partial charge is 0.240 e. The first-order valence-corrected chi connectivity index (χ1v) is 7.31. The molecule has 1 fully saturated rings.